The molecular formula is C32H42N2O6. The highest BCUT2D eigenvalue weighted by Crippen LogP contribution is 2.70. The van der Waals surface area contributed by atoms with Crippen LogP contribution in [0.5, 0.6) is 5.75 Å². The molecule has 7 atom stereocenters. The van der Waals surface area contributed by atoms with Gasteiger partial charge in [0.1, 0.15) is 17.2 Å². The van der Waals surface area contributed by atoms with Crippen molar-refractivity contribution in [1.82, 2.24) is 9.78 Å². The zero-order valence-electron chi connectivity index (χ0n) is 24.5. The molecule has 1 aromatic carbocycles. The van der Waals surface area contributed by atoms with Gasteiger partial charge in [0.25, 0.3) is 5.79 Å². The number of carbonyl (C=O) groups excluding carboxylic acids is 1. The zero-order valence-corrected chi connectivity index (χ0v) is 24.5. The first-order valence-corrected chi connectivity index (χ1v) is 14.2. The minimum atomic E-state index is -2.51. The number of aliphatic hydroxyl groups excluding tert-OH is 2. The molecule has 0 saturated heterocycles. The number of rotatable bonds is 7. The lowest BCUT2D eigenvalue weighted by Gasteiger charge is -2.48. The topological polar surface area (TPSA) is 114 Å². The predicted molar refractivity (Wildman–Crippen MR) is 150 cm³/mol. The van der Waals surface area contributed by atoms with Gasteiger partial charge < -0.3 is 20.2 Å². The Bertz CT molecular complexity index is 1360. The summed E-state index contributed by atoms with van der Waals surface area (Å²) < 4.78 is 1.78. The van der Waals surface area contributed by atoms with Crippen molar-refractivity contribution in [2.24, 2.45) is 34.5 Å². The number of hydrogen-bond donors (Lipinski definition) is 3. The van der Waals surface area contributed by atoms with Crippen molar-refractivity contribution < 1.29 is 29.9 Å². The van der Waals surface area contributed by atoms with Crippen molar-refractivity contribution in [1.29, 1.82) is 0 Å². The fraction of sp³-hybridized carbons (Fsp3) is 0.562. The number of carbonyl (C=O) groups is 1. The fourth-order valence-corrected chi connectivity index (χ4v) is 7.55. The monoisotopic (exact) mass is 550 g/mol. The number of hydrogen-bond acceptors (Lipinski definition) is 7. The summed E-state index contributed by atoms with van der Waals surface area (Å²) in [6.07, 6.45) is 2.38. The quantitative estimate of drug-likeness (QED) is 0.204. The van der Waals surface area contributed by atoms with Gasteiger partial charge in [-0.3, -0.25) is 9.48 Å². The van der Waals surface area contributed by atoms with Crippen LogP contribution in [-0.4, -0.2) is 49.4 Å². The Balaban J connectivity index is 1.58. The molecule has 2 aromatic rings. The summed E-state index contributed by atoms with van der Waals surface area (Å²) in [5.41, 5.74) is 1.54. The first kappa shape index (κ1) is 28.7. The van der Waals surface area contributed by atoms with Crippen LogP contribution in [0, 0.1) is 48.3 Å². The van der Waals surface area contributed by atoms with Crippen molar-refractivity contribution in [3.63, 3.8) is 0 Å². The van der Waals surface area contributed by atoms with Gasteiger partial charge in [-0.15, -0.1) is 4.89 Å². The van der Waals surface area contributed by atoms with Crippen molar-refractivity contribution in [3.8, 4) is 5.75 Å². The van der Waals surface area contributed by atoms with Gasteiger partial charge in [-0.1, -0.05) is 68.8 Å². The highest BCUT2D eigenvalue weighted by atomic mass is 17.2. The lowest BCUT2D eigenvalue weighted by atomic mass is 9.61. The van der Waals surface area contributed by atoms with Crippen LogP contribution in [0.4, 0.5) is 0 Å². The van der Waals surface area contributed by atoms with Gasteiger partial charge >= 0.3 is 0 Å². The average Bonchev–Trinajstić information content (AvgIpc) is 3.37. The molecule has 3 aliphatic carbocycles. The summed E-state index contributed by atoms with van der Waals surface area (Å²) in [4.78, 5) is 26.4. The molecule has 2 fully saturated rings. The molecule has 8 nitrogen and oxygen atoms in total. The van der Waals surface area contributed by atoms with E-state index in [-0.39, 0.29) is 34.5 Å². The molecule has 40 heavy (non-hydrogen) atoms. The predicted octanol–water partition coefficient (Wildman–Crippen LogP) is 4.29. The molecule has 3 aliphatic rings. The number of Topliss-reactive ketones (excluding diaryl/α,β-unsaturated/α-hetero) is 1. The Labute approximate surface area is 236 Å². The lowest BCUT2D eigenvalue weighted by Crippen LogP contribution is -2.64. The van der Waals surface area contributed by atoms with Crippen molar-refractivity contribution in [3.05, 3.63) is 70.6 Å². The molecule has 2 bridgehead atoms. The van der Waals surface area contributed by atoms with Crippen LogP contribution < -0.4 is 4.89 Å². The Kier molecular flexibility index (Phi) is 7.14. The Morgan fingerprint density at radius 2 is 1.88 bits per heavy atom. The van der Waals surface area contributed by atoms with Crippen LogP contribution in [0.15, 0.2) is 53.6 Å². The van der Waals surface area contributed by atoms with Gasteiger partial charge in [-0.2, -0.15) is 5.10 Å². The first-order valence-electron chi connectivity index (χ1n) is 14.2. The summed E-state index contributed by atoms with van der Waals surface area (Å²) in [5.74, 6) is -3.07. The van der Waals surface area contributed by atoms with Gasteiger partial charge in [0, 0.05) is 5.92 Å². The minimum absolute atomic E-state index is 0.0487. The summed E-state index contributed by atoms with van der Waals surface area (Å²) >= 11 is 0. The van der Waals surface area contributed by atoms with E-state index in [9.17, 15) is 20.1 Å². The maximum absolute atomic E-state index is 14.6. The number of allylic oxidation sites excluding steroid dienone is 2. The van der Waals surface area contributed by atoms with Crippen LogP contribution in [0.3, 0.4) is 0 Å². The van der Waals surface area contributed by atoms with E-state index in [1.807, 2.05) is 58.0 Å². The summed E-state index contributed by atoms with van der Waals surface area (Å²) in [6.45, 7) is 13.6. The number of fused-ring (bicyclic) bond motifs is 4. The molecule has 1 heterocycles. The SMILES string of the molecule is CC(C)=CC12C(=O)C(C=C(CO)C(O)C1(O)OOc1c(C)nn(Cc3ccccc3)c1C)C1C(C[C@H]2C)C1(C)C. The molecule has 5 rings (SSSR count). The van der Waals surface area contributed by atoms with E-state index >= 15 is 0 Å². The van der Waals surface area contributed by atoms with Gasteiger partial charge in [0.05, 0.1) is 18.8 Å². The van der Waals surface area contributed by atoms with Crippen LogP contribution >= 0.6 is 0 Å². The second kappa shape index (κ2) is 9.94. The third-order valence-corrected chi connectivity index (χ3v) is 9.77. The van der Waals surface area contributed by atoms with Crippen molar-refractivity contribution >= 4 is 5.78 Å². The molecule has 1 aromatic heterocycles. The molecule has 0 aliphatic heterocycles. The molecule has 8 heteroatoms. The third kappa shape index (κ3) is 4.19. The molecule has 6 unspecified atom stereocenters. The number of aryl methyl sites for hydroxylation is 1. The number of benzene rings is 1. The number of aliphatic hydroxyl groups is 3. The van der Waals surface area contributed by atoms with Gasteiger partial charge in [-0.05, 0) is 68.4 Å². The minimum Gasteiger partial charge on any atom is -0.392 e. The van der Waals surface area contributed by atoms with Crippen molar-refractivity contribution in [2.45, 2.75) is 73.3 Å². The molecule has 216 valence electrons. The van der Waals surface area contributed by atoms with E-state index < -0.39 is 29.8 Å². The highest BCUT2D eigenvalue weighted by Gasteiger charge is 2.74. The van der Waals surface area contributed by atoms with Crippen LogP contribution in [0.25, 0.3) is 0 Å². The molecule has 0 radical (unpaired) electrons. The van der Waals surface area contributed by atoms with E-state index in [4.69, 9.17) is 9.78 Å². The second-order valence-corrected chi connectivity index (χ2v) is 12.9. The summed E-state index contributed by atoms with van der Waals surface area (Å²) in [5, 5.41) is 39.1. The van der Waals surface area contributed by atoms with E-state index in [1.54, 1.807) is 23.8 Å². The Morgan fingerprint density at radius 3 is 2.50 bits per heavy atom. The van der Waals surface area contributed by atoms with Crippen LogP contribution in [-0.2, 0) is 16.2 Å². The second-order valence-electron chi connectivity index (χ2n) is 12.9. The standard InChI is InChI=1S/C32H42N2O6/c1-18(2)15-31-19(3)13-25-26(30(25,6)7)24(29(31)37)14-23(17-35)28(36)32(31,38)40-39-27-20(4)33-34(21(27)5)16-22-11-9-8-10-12-22/h8-12,14-15,19,24-26,28,35-36,38H,13,16-17H2,1-7H3/t19-,24?,25?,26?,28?,31?,32?/m1/s1. The smallest absolute Gasteiger partial charge is 0.257 e. The number of ketones is 1. The van der Waals surface area contributed by atoms with Gasteiger partial charge in [-0.25, -0.2) is 0 Å². The van der Waals surface area contributed by atoms with Gasteiger partial charge in [0.15, 0.2) is 5.78 Å². The van der Waals surface area contributed by atoms with E-state index in [2.05, 4.69) is 18.9 Å². The van der Waals surface area contributed by atoms with Crippen LogP contribution in [0.1, 0.15) is 58.0 Å². The maximum atomic E-state index is 14.6. The Morgan fingerprint density at radius 1 is 1.20 bits per heavy atom. The molecule has 2 saturated carbocycles. The van der Waals surface area contributed by atoms with Gasteiger partial charge in [0.2, 0.25) is 5.75 Å². The number of nitrogens with zero attached hydrogens (tertiary/aromatic N) is 2. The number of aromatic nitrogens is 2. The molecular weight excluding hydrogens is 508 g/mol. The normalized spacial score (nSPS) is 34.3. The average molecular weight is 551 g/mol. The highest BCUT2D eigenvalue weighted by molar-refractivity contribution is 5.94. The third-order valence-electron chi connectivity index (χ3n) is 9.77. The largest absolute Gasteiger partial charge is 0.392 e. The molecule has 3 N–H and O–H groups in total. The van der Waals surface area contributed by atoms with Crippen LogP contribution in [0.2, 0.25) is 0 Å². The summed E-state index contributed by atoms with van der Waals surface area (Å²) in [7, 11) is 0. The molecule has 0 spiro atoms. The first-order chi connectivity index (χ1) is 18.8. The summed E-state index contributed by atoms with van der Waals surface area (Å²) in [6, 6.07) is 9.89. The van der Waals surface area contributed by atoms with E-state index in [0.717, 1.165) is 11.1 Å². The van der Waals surface area contributed by atoms with E-state index in [1.165, 1.54) is 0 Å². The van der Waals surface area contributed by atoms with Crippen molar-refractivity contribution in [2.75, 3.05) is 6.61 Å². The Hall–Kier alpha value is -2.78. The maximum Gasteiger partial charge on any atom is 0.257 e. The molecule has 0 amide bonds. The van der Waals surface area contributed by atoms with E-state index in [0.29, 0.717) is 30.1 Å². The lowest BCUT2D eigenvalue weighted by molar-refractivity contribution is -0.417. The fourth-order valence-electron chi connectivity index (χ4n) is 7.55. The zero-order chi connectivity index (χ0) is 29.2.